The molecule has 37 heavy (non-hydrogen) atoms. The van der Waals surface area contributed by atoms with Crippen LogP contribution in [0.3, 0.4) is 0 Å². The lowest BCUT2D eigenvalue weighted by Crippen LogP contribution is -2.40. The van der Waals surface area contributed by atoms with Crippen molar-refractivity contribution in [1.29, 1.82) is 0 Å². The number of carboxylic acid groups (broad SMARTS) is 1. The highest BCUT2D eigenvalue weighted by molar-refractivity contribution is 8.26. The molecular weight excluding hydrogens is 506 g/mol. The Labute approximate surface area is 223 Å². The second kappa shape index (κ2) is 10.8. The normalized spacial score (nSPS) is 14.4. The van der Waals surface area contributed by atoms with Gasteiger partial charge < -0.3 is 14.6 Å². The van der Waals surface area contributed by atoms with E-state index in [-0.39, 0.29) is 4.32 Å². The van der Waals surface area contributed by atoms with Gasteiger partial charge in [-0.25, -0.2) is 4.68 Å². The van der Waals surface area contributed by atoms with Crippen LogP contribution in [0.15, 0.2) is 96.0 Å². The van der Waals surface area contributed by atoms with Crippen molar-refractivity contribution in [3.8, 4) is 22.7 Å². The molecule has 1 aliphatic heterocycles. The van der Waals surface area contributed by atoms with E-state index in [0.717, 1.165) is 33.5 Å². The second-order valence-electron chi connectivity index (χ2n) is 8.16. The molecule has 0 radical (unpaired) electrons. The summed E-state index contributed by atoms with van der Waals surface area (Å²) in [6, 6.07) is 27.1. The van der Waals surface area contributed by atoms with Crippen LogP contribution in [0.2, 0.25) is 0 Å². The van der Waals surface area contributed by atoms with Gasteiger partial charge in [0.1, 0.15) is 22.4 Å². The smallest absolute Gasteiger partial charge is 0.266 e. The van der Waals surface area contributed by atoms with Gasteiger partial charge in [0.2, 0.25) is 0 Å². The monoisotopic (exact) mass is 526 g/mol. The van der Waals surface area contributed by atoms with Gasteiger partial charge in [-0.05, 0) is 35.9 Å². The third kappa shape index (κ3) is 5.63. The zero-order valence-corrected chi connectivity index (χ0v) is 21.1. The number of hydrogen-bond donors (Lipinski definition) is 0. The number of carboxylic acids is 1. The van der Waals surface area contributed by atoms with Crippen molar-refractivity contribution in [1.82, 2.24) is 14.7 Å². The van der Waals surface area contributed by atoms with Gasteiger partial charge in [0.15, 0.2) is 0 Å². The number of hydrogen-bond acceptors (Lipinski definition) is 7. The Balaban J connectivity index is 1.51. The zero-order chi connectivity index (χ0) is 25.8. The summed E-state index contributed by atoms with van der Waals surface area (Å²) in [5, 5.41) is 15.9. The summed E-state index contributed by atoms with van der Waals surface area (Å²) in [5.41, 5.74) is 4.03. The maximum Gasteiger partial charge on any atom is 0.266 e. The molecule has 3 aromatic carbocycles. The first-order valence-corrected chi connectivity index (χ1v) is 12.6. The highest BCUT2D eigenvalue weighted by atomic mass is 32.2. The summed E-state index contributed by atoms with van der Waals surface area (Å²) in [4.78, 5) is 25.3. The second-order valence-corrected chi connectivity index (χ2v) is 9.83. The van der Waals surface area contributed by atoms with E-state index >= 15 is 0 Å². The van der Waals surface area contributed by atoms with Crippen LogP contribution >= 0.6 is 24.0 Å². The van der Waals surface area contributed by atoms with E-state index in [2.05, 4.69) is 0 Å². The van der Waals surface area contributed by atoms with Crippen molar-refractivity contribution >= 4 is 46.3 Å². The quantitative estimate of drug-likeness (QED) is 0.253. The van der Waals surface area contributed by atoms with Gasteiger partial charge in [-0.15, -0.1) is 0 Å². The van der Waals surface area contributed by atoms with E-state index in [9.17, 15) is 14.7 Å². The van der Waals surface area contributed by atoms with E-state index in [1.807, 2.05) is 91.1 Å². The number of carbonyl (C=O) groups excluding carboxylic acids is 2. The van der Waals surface area contributed by atoms with Crippen LogP contribution in [-0.2, 0) is 16.2 Å². The first-order chi connectivity index (χ1) is 18.0. The summed E-state index contributed by atoms with van der Waals surface area (Å²) in [5.74, 6) is -1.16. The number of thiocarbonyl (C=S) groups is 1. The minimum atomic E-state index is -1.37. The molecule has 7 nitrogen and oxygen atoms in total. The van der Waals surface area contributed by atoms with Gasteiger partial charge in [0.05, 0.1) is 23.1 Å². The number of aromatic nitrogens is 2. The van der Waals surface area contributed by atoms with Gasteiger partial charge in [0.25, 0.3) is 5.91 Å². The summed E-state index contributed by atoms with van der Waals surface area (Å²) in [7, 11) is 0. The largest absolute Gasteiger partial charge is 0.548 e. The van der Waals surface area contributed by atoms with Crippen LogP contribution in [0.4, 0.5) is 0 Å². The number of amides is 1. The predicted molar refractivity (Wildman–Crippen MR) is 145 cm³/mol. The SMILES string of the molecule is O=C([O-])CN1C(=O)/C(=C\c2cn(-c3ccccc3)nc2-c2cccc(OCc3ccccc3)c2)SC1=S. The molecule has 4 aromatic rings. The van der Waals surface area contributed by atoms with Crippen LogP contribution in [0.25, 0.3) is 23.0 Å². The van der Waals surface area contributed by atoms with Crippen molar-refractivity contribution in [3.63, 3.8) is 0 Å². The molecule has 0 aliphatic carbocycles. The summed E-state index contributed by atoms with van der Waals surface area (Å²) in [6.07, 6.45) is 3.52. The van der Waals surface area contributed by atoms with Crippen molar-refractivity contribution in [3.05, 3.63) is 107 Å². The third-order valence-electron chi connectivity index (χ3n) is 5.57. The Morgan fingerprint density at radius 1 is 1.03 bits per heavy atom. The molecule has 1 saturated heterocycles. The lowest BCUT2D eigenvalue weighted by atomic mass is 10.1. The van der Waals surface area contributed by atoms with Crippen molar-refractivity contribution in [2.24, 2.45) is 0 Å². The third-order valence-corrected chi connectivity index (χ3v) is 6.94. The lowest BCUT2D eigenvalue weighted by Gasteiger charge is -2.14. The average Bonchev–Trinajstić information content (AvgIpc) is 3.45. The molecule has 9 heteroatoms. The van der Waals surface area contributed by atoms with Crippen molar-refractivity contribution < 1.29 is 19.4 Å². The van der Waals surface area contributed by atoms with Crippen molar-refractivity contribution in [2.45, 2.75) is 6.61 Å². The Morgan fingerprint density at radius 3 is 2.49 bits per heavy atom. The molecule has 0 spiro atoms. The molecule has 184 valence electrons. The number of nitrogens with zero attached hydrogens (tertiary/aromatic N) is 3. The van der Waals surface area contributed by atoms with Crippen LogP contribution in [-0.4, -0.2) is 37.4 Å². The number of rotatable bonds is 8. The molecule has 1 aromatic heterocycles. The lowest BCUT2D eigenvalue weighted by molar-refractivity contribution is -0.305. The summed E-state index contributed by atoms with van der Waals surface area (Å²) in [6.45, 7) is -0.157. The maximum atomic E-state index is 12.9. The Morgan fingerprint density at radius 2 is 1.76 bits per heavy atom. The number of aliphatic carboxylic acids is 1. The summed E-state index contributed by atoms with van der Waals surface area (Å²) < 4.78 is 7.92. The molecule has 2 heterocycles. The fraction of sp³-hybridized carbons (Fsp3) is 0.0714. The topological polar surface area (TPSA) is 87.5 Å². The average molecular weight is 527 g/mol. The Bertz CT molecular complexity index is 1500. The molecule has 5 rings (SSSR count). The van der Waals surface area contributed by atoms with Crippen molar-refractivity contribution in [2.75, 3.05) is 6.54 Å². The number of ether oxygens (including phenoxy) is 1. The molecule has 1 amide bonds. The van der Waals surface area contributed by atoms with Crippen LogP contribution in [0, 0.1) is 0 Å². The number of thioether (sulfide) groups is 1. The first kappa shape index (κ1) is 24.5. The van der Waals surface area contributed by atoms with Crippen LogP contribution < -0.4 is 9.84 Å². The molecule has 1 aliphatic rings. The number of para-hydroxylation sites is 1. The number of benzene rings is 3. The first-order valence-electron chi connectivity index (χ1n) is 11.4. The van der Waals surface area contributed by atoms with E-state index in [4.69, 9.17) is 22.1 Å². The molecule has 0 N–H and O–H groups in total. The van der Waals surface area contributed by atoms with Gasteiger partial charge in [-0.2, -0.15) is 5.10 Å². The molecule has 0 unspecified atom stereocenters. The summed E-state index contributed by atoms with van der Waals surface area (Å²) >= 11 is 6.28. The van der Waals surface area contributed by atoms with Gasteiger partial charge in [-0.1, -0.05) is 84.6 Å². The Hall–Kier alpha value is -4.21. The molecular formula is C28H20N3O4S2-. The highest BCUT2D eigenvalue weighted by Crippen LogP contribution is 2.35. The Kier molecular flexibility index (Phi) is 7.16. The standard InChI is InChI=1S/C28H21N3O4S2/c32-25(33)17-30-27(34)24(37-28(30)36)15-21-16-31(22-11-5-2-6-12-22)29-26(21)20-10-7-13-23(14-20)35-18-19-8-3-1-4-9-19/h1-16H,17-18H2,(H,32,33)/p-1/b24-15+. The number of carbonyl (C=O) groups is 2. The predicted octanol–water partition coefficient (Wildman–Crippen LogP) is 4.07. The molecule has 0 atom stereocenters. The van der Waals surface area contributed by atoms with Crippen LogP contribution in [0.5, 0.6) is 5.75 Å². The zero-order valence-electron chi connectivity index (χ0n) is 19.4. The van der Waals surface area contributed by atoms with E-state index in [1.165, 1.54) is 0 Å². The maximum absolute atomic E-state index is 12.9. The minimum Gasteiger partial charge on any atom is -0.548 e. The van der Waals surface area contributed by atoms with Gasteiger partial charge in [-0.3, -0.25) is 9.69 Å². The highest BCUT2D eigenvalue weighted by Gasteiger charge is 2.32. The van der Waals surface area contributed by atoms with E-state index in [1.54, 1.807) is 10.8 Å². The fourth-order valence-corrected chi connectivity index (χ4v) is 5.06. The molecule has 0 saturated carbocycles. The van der Waals surface area contributed by atoms with Crippen LogP contribution in [0.1, 0.15) is 11.1 Å². The van der Waals surface area contributed by atoms with Gasteiger partial charge >= 0.3 is 0 Å². The molecule has 1 fully saturated rings. The van der Waals surface area contributed by atoms with Gasteiger partial charge in [0, 0.05) is 17.3 Å². The minimum absolute atomic E-state index is 0.175. The van der Waals surface area contributed by atoms with E-state index < -0.39 is 18.4 Å². The van der Waals surface area contributed by atoms with E-state index in [0.29, 0.717) is 28.5 Å². The molecule has 0 bridgehead atoms. The fourth-order valence-electron chi connectivity index (χ4n) is 3.81.